The zero-order chi connectivity index (χ0) is 18.8. The van der Waals surface area contributed by atoms with Crippen LogP contribution < -0.4 is 9.80 Å². The van der Waals surface area contributed by atoms with Crippen molar-refractivity contribution < 1.29 is 9.90 Å². The van der Waals surface area contributed by atoms with Gasteiger partial charge in [-0.25, -0.2) is 4.79 Å². The summed E-state index contributed by atoms with van der Waals surface area (Å²) in [6.07, 6.45) is 1.09. The zero-order valence-electron chi connectivity index (χ0n) is 15.5. The maximum Gasteiger partial charge on any atom is 0.335 e. The molecule has 0 saturated carbocycles. The summed E-state index contributed by atoms with van der Waals surface area (Å²) >= 11 is 0. The van der Waals surface area contributed by atoms with Crippen LogP contribution in [-0.2, 0) is 0 Å². The number of likely N-dealkylation sites (N-methyl/N-ethyl adjacent to an activating group) is 1. The van der Waals surface area contributed by atoms with E-state index in [1.54, 1.807) is 12.1 Å². The molecule has 0 unspecified atom stereocenters. The van der Waals surface area contributed by atoms with E-state index < -0.39 is 5.97 Å². The number of carbonyl (C=O) groups is 1. The topological polar surface area (TPSA) is 43.8 Å². The first-order valence-electron chi connectivity index (χ1n) is 9.50. The Morgan fingerprint density at radius 3 is 2.56 bits per heavy atom. The fourth-order valence-corrected chi connectivity index (χ4v) is 4.13. The van der Waals surface area contributed by atoms with Gasteiger partial charge in [-0.3, -0.25) is 0 Å². The van der Waals surface area contributed by atoms with E-state index in [0.717, 1.165) is 31.7 Å². The second-order valence-corrected chi connectivity index (χ2v) is 7.02. The van der Waals surface area contributed by atoms with Gasteiger partial charge in [-0.1, -0.05) is 36.4 Å². The first-order valence-corrected chi connectivity index (χ1v) is 9.50. The molecule has 1 fully saturated rings. The van der Waals surface area contributed by atoms with Gasteiger partial charge in [0.1, 0.15) is 0 Å². The molecule has 1 heterocycles. The quantitative estimate of drug-likeness (QED) is 0.720. The highest BCUT2D eigenvalue weighted by molar-refractivity contribution is 5.94. The van der Waals surface area contributed by atoms with Crippen molar-refractivity contribution in [3.8, 4) is 0 Å². The molecule has 0 radical (unpaired) electrons. The Balaban J connectivity index is 1.57. The highest BCUT2D eigenvalue weighted by atomic mass is 16.4. The molecule has 1 aliphatic heterocycles. The Morgan fingerprint density at radius 1 is 1.07 bits per heavy atom. The van der Waals surface area contributed by atoms with Gasteiger partial charge in [-0.05, 0) is 49.1 Å². The minimum absolute atomic E-state index is 0.334. The minimum atomic E-state index is -0.881. The van der Waals surface area contributed by atoms with E-state index in [1.165, 1.54) is 16.5 Å². The highest BCUT2D eigenvalue weighted by Crippen LogP contribution is 2.31. The van der Waals surface area contributed by atoms with Crippen molar-refractivity contribution in [3.63, 3.8) is 0 Å². The number of nitrogens with zero attached hydrogens (tertiary/aromatic N) is 2. The molecule has 0 amide bonds. The Hall–Kier alpha value is -3.01. The van der Waals surface area contributed by atoms with E-state index in [2.05, 4.69) is 59.2 Å². The molecule has 0 aliphatic carbocycles. The number of aromatic carboxylic acids is 1. The number of hydrogen-bond acceptors (Lipinski definition) is 3. The second kappa shape index (κ2) is 7.31. The molecule has 0 bridgehead atoms. The van der Waals surface area contributed by atoms with Crippen molar-refractivity contribution in [1.29, 1.82) is 0 Å². The van der Waals surface area contributed by atoms with E-state index in [0.29, 0.717) is 11.6 Å². The molecular weight excluding hydrogens is 336 g/mol. The molecule has 3 aromatic rings. The SMILES string of the molecule is CCN(c1cccc2ccccc12)[C@H]1CCN(c2ccc(C(=O)O)cc2)C1. The van der Waals surface area contributed by atoms with Gasteiger partial charge < -0.3 is 14.9 Å². The Labute approximate surface area is 159 Å². The van der Waals surface area contributed by atoms with Crippen LogP contribution in [0.1, 0.15) is 23.7 Å². The Morgan fingerprint density at radius 2 is 1.81 bits per heavy atom. The predicted molar refractivity (Wildman–Crippen MR) is 111 cm³/mol. The number of carboxylic acids is 1. The Kier molecular flexibility index (Phi) is 4.71. The van der Waals surface area contributed by atoms with Gasteiger partial charge in [0.05, 0.1) is 5.56 Å². The number of carboxylic acid groups (broad SMARTS) is 1. The number of benzene rings is 3. The van der Waals surface area contributed by atoms with Crippen molar-refractivity contribution in [3.05, 3.63) is 72.3 Å². The third-order valence-electron chi connectivity index (χ3n) is 5.50. The fraction of sp³-hybridized carbons (Fsp3) is 0.261. The number of hydrogen-bond donors (Lipinski definition) is 1. The molecule has 0 spiro atoms. The average molecular weight is 360 g/mol. The van der Waals surface area contributed by atoms with Crippen LogP contribution in [0.25, 0.3) is 10.8 Å². The van der Waals surface area contributed by atoms with E-state index in [4.69, 9.17) is 5.11 Å². The highest BCUT2D eigenvalue weighted by Gasteiger charge is 2.28. The van der Waals surface area contributed by atoms with Crippen molar-refractivity contribution in [1.82, 2.24) is 0 Å². The van der Waals surface area contributed by atoms with Gasteiger partial charge in [-0.2, -0.15) is 0 Å². The maximum absolute atomic E-state index is 11.1. The van der Waals surface area contributed by atoms with Crippen LogP contribution in [0.2, 0.25) is 0 Å². The summed E-state index contributed by atoms with van der Waals surface area (Å²) in [5.41, 5.74) is 2.72. The lowest BCUT2D eigenvalue weighted by atomic mass is 10.1. The van der Waals surface area contributed by atoms with E-state index in [9.17, 15) is 4.79 Å². The lowest BCUT2D eigenvalue weighted by molar-refractivity contribution is 0.0697. The van der Waals surface area contributed by atoms with E-state index in [-0.39, 0.29) is 0 Å². The monoisotopic (exact) mass is 360 g/mol. The summed E-state index contributed by atoms with van der Waals surface area (Å²) in [7, 11) is 0. The van der Waals surface area contributed by atoms with Gasteiger partial charge in [-0.15, -0.1) is 0 Å². The number of anilines is 2. The molecule has 1 atom stereocenters. The molecule has 1 aliphatic rings. The maximum atomic E-state index is 11.1. The van der Waals surface area contributed by atoms with Crippen LogP contribution in [0, 0.1) is 0 Å². The first-order chi connectivity index (χ1) is 13.2. The molecular formula is C23H24N2O2. The summed E-state index contributed by atoms with van der Waals surface area (Å²) in [5.74, 6) is -0.881. The van der Waals surface area contributed by atoms with Gasteiger partial charge in [0.15, 0.2) is 0 Å². The molecule has 3 aromatic carbocycles. The third kappa shape index (κ3) is 3.35. The van der Waals surface area contributed by atoms with Crippen molar-refractivity contribution >= 4 is 28.1 Å². The number of rotatable bonds is 5. The molecule has 4 nitrogen and oxygen atoms in total. The minimum Gasteiger partial charge on any atom is -0.478 e. The number of fused-ring (bicyclic) bond motifs is 1. The largest absolute Gasteiger partial charge is 0.478 e. The van der Waals surface area contributed by atoms with Crippen LogP contribution in [0.15, 0.2) is 66.7 Å². The van der Waals surface area contributed by atoms with Crippen molar-refractivity contribution in [2.75, 3.05) is 29.4 Å². The van der Waals surface area contributed by atoms with Crippen molar-refractivity contribution in [2.24, 2.45) is 0 Å². The van der Waals surface area contributed by atoms with Gasteiger partial charge in [0, 0.05) is 42.4 Å². The standard InChI is InChI=1S/C23H24N2O2/c1-2-25(22-9-5-7-17-6-3-4-8-21(17)22)20-14-15-24(16-20)19-12-10-18(11-13-19)23(26)27/h3-13,20H,2,14-16H2,1H3,(H,26,27)/t20-/m0/s1. The van der Waals surface area contributed by atoms with Crippen LogP contribution in [0.3, 0.4) is 0 Å². The van der Waals surface area contributed by atoms with Crippen molar-refractivity contribution in [2.45, 2.75) is 19.4 Å². The second-order valence-electron chi connectivity index (χ2n) is 7.02. The third-order valence-corrected chi connectivity index (χ3v) is 5.50. The first kappa shape index (κ1) is 17.4. The van der Waals surface area contributed by atoms with Gasteiger partial charge in [0.25, 0.3) is 0 Å². The molecule has 27 heavy (non-hydrogen) atoms. The van der Waals surface area contributed by atoms with Gasteiger partial charge >= 0.3 is 5.97 Å². The van der Waals surface area contributed by atoms with Gasteiger partial charge in [0.2, 0.25) is 0 Å². The lowest BCUT2D eigenvalue weighted by Gasteiger charge is -2.31. The van der Waals surface area contributed by atoms with Crippen LogP contribution in [-0.4, -0.2) is 36.8 Å². The molecule has 0 aromatic heterocycles. The molecule has 138 valence electrons. The van der Waals surface area contributed by atoms with Crippen LogP contribution >= 0.6 is 0 Å². The summed E-state index contributed by atoms with van der Waals surface area (Å²) < 4.78 is 0. The predicted octanol–water partition coefficient (Wildman–Crippen LogP) is 4.64. The molecule has 1 N–H and O–H groups in total. The summed E-state index contributed by atoms with van der Waals surface area (Å²) in [6.45, 7) is 5.11. The summed E-state index contributed by atoms with van der Waals surface area (Å²) in [4.78, 5) is 15.9. The fourth-order valence-electron chi connectivity index (χ4n) is 4.13. The van der Waals surface area contributed by atoms with Crippen LogP contribution in [0.4, 0.5) is 11.4 Å². The zero-order valence-corrected chi connectivity index (χ0v) is 15.5. The Bertz CT molecular complexity index is 947. The molecule has 4 heteroatoms. The van der Waals surface area contributed by atoms with Crippen LogP contribution in [0.5, 0.6) is 0 Å². The molecule has 4 rings (SSSR count). The van der Waals surface area contributed by atoms with E-state index in [1.807, 2.05) is 12.1 Å². The molecule has 1 saturated heterocycles. The van der Waals surface area contributed by atoms with E-state index >= 15 is 0 Å². The average Bonchev–Trinajstić information content (AvgIpc) is 3.19. The summed E-state index contributed by atoms with van der Waals surface area (Å²) in [5, 5.41) is 11.6. The normalized spacial score (nSPS) is 16.6. The smallest absolute Gasteiger partial charge is 0.335 e. The summed E-state index contributed by atoms with van der Waals surface area (Å²) in [6, 6.07) is 22.7. The lowest BCUT2D eigenvalue weighted by Crippen LogP contribution is -2.37.